The van der Waals surface area contributed by atoms with Crippen molar-refractivity contribution in [1.29, 1.82) is 0 Å². The molecule has 3 aromatic carbocycles. The van der Waals surface area contributed by atoms with Crippen molar-refractivity contribution in [3.8, 4) is 22.8 Å². The fourth-order valence-electron chi connectivity index (χ4n) is 4.82. The summed E-state index contributed by atoms with van der Waals surface area (Å²) in [4.78, 5) is 6.73. The molecular formula is C32H26BrN3O2S. The van der Waals surface area contributed by atoms with Crippen LogP contribution >= 0.6 is 28.1 Å². The second-order valence-corrected chi connectivity index (χ2v) is 10.8. The van der Waals surface area contributed by atoms with Crippen LogP contribution in [0.4, 0.5) is 5.69 Å². The zero-order valence-corrected chi connectivity index (χ0v) is 23.9. The van der Waals surface area contributed by atoms with Crippen molar-refractivity contribution in [2.45, 2.75) is 25.9 Å². The number of rotatable bonds is 6. The summed E-state index contributed by atoms with van der Waals surface area (Å²) in [6, 6.07) is 31.7. The van der Waals surface area contributed by atoms with Gasteiger partial charge in [0.1, 0.15) is 29.1 Å². The minimum atomic E-state index is -0.241. The SMILES string of the molecule is Cc1ccc(Oc2ccc(N3C(=S)N[C@@H](c4ccccn4)[C@@H]3c3ccc(-c4ccc(C)cc4Br)o3)cc2)cc1. The normalized spacial score (nSPS) is 16.8. The molecule has 5 nitrogen and oxygen atoms in total. The van der Waals surface area contributed by atoms with Gasteiger partial charge in [0, 0.05) is 21.9 Å². The summed E-state index contributed by atoms with van der Waals surface area (Å²) < 4.78 is 13.6. The zero-order chi connectivity index (χ0) is 26.9. The number of hydrogen-bond acceptors (Lipinski definition) is 4. The van der Waals surface area contributed by atoms with Crippen LogP contribution < -0.4 is 15.0 Å². The molecule has 1 N–H and O–H groups in total. The fraction of sp³-hybridized carbons (Fsp3) is 0.125. The third kappa shape index (κ3) is 5.20. The first-order valence-corrected chi connectivity index (χ1v) is 13.9. The van der Waals surface area contributed by atoms with Crippen LogP contribution in [0.5, 0.6) is 11.5 Å². The van der Waals surface area contributed by atoms with Gasteiger partial charge in [-0.25, -0.2) is 0 Å². The molecule has 0 radical (unpaired) electrons. The van der Waals surface area contributed by atoms with Gasteiger partial charge in [0.05, 0.1) is 11.7 Å². The van der Waals surface area contributed by atoms with Crippen LogP contribution in [0.15, 0.2) is 112 Å². The summed E-state index contributed by atoms with van der Waals surface area (Å²) >= 11 is 9.56. The molecule has 39 heavy (non-hydrogen) atoms. The van der Waals surface area contributed by atoms with Crippen molar-refractivity contribution in [3.05, 3.63) is 130 Å². The van der Waals surface area contributed by atoms with Gasteiger partial charge in [-0.15, -0.1) is 0 Å². The fourth-order valence-corrected chi connectivity index (χ4v) is 5.85. The highest BCUT2D eigenvalue weighted by atomic mass is 79.9. The van der Waals surface area contributed by atoms with E-state index in [0.29, 0.717) is 5.11 Å². The minimum Gasteiger partial charge on any atom is -0.459 e. The Morgan fingerprint density at radius 3 is 2.28 bits per heavy atom. The van der Waals surface area contributed by atoms with Crippen molar-refractivity contribution in [2.75, 3.05) is 4.90 Å². The molecule has 2 aromatic heterocycles. The van der Waals surface area contributed by atoms with E-state index in [0.717, 1.165) is 44.4 Å². The van der Waals surface area contributed by atoms with Gasteiger partial charge in [-0.05, 0) is 104 Å². The molecule has 194 valence electrons. The predicted molar refractivity (Wildman–Crippen MR) is 162 cm³/mol. The highest BCUT2D eigenvalue weighted by molar-refractivity contribution is 9.10. The van der Waals surface area contributed by atoms with E-state index in [1.807, 2.05) is 78.9 Å². The maximum atomic E-state index is 6.51. The lowest BCUT2D eigenvalue weighted by atomic mass is 10.0. The Morgan fingerprint density at radius 1 is 0.872 bits per heavy atom. The van der Waals surface area contributed by atoms with E-state index in [9.17, 15) is 0 Å². The molecule has 0 saturated carbocycles. The number of aromatic nitrogens is 1. The first-order valence-electron chi connectivity index (χ1n) is 12.7. The topological polar surface area (TPSA) is 50.5 Å². The number of nitrogens with zero attached hydrogens (tertiary/aromatic N) is 2. The van der Waals surface area contributed by atoms with Crippen LogP contribution in [0.2, 0.25) is 0 Å². The maximum absolute atomic E-state index is 6.51. The summed E-state index contributed by atoms with van der Waals surface area (Å²) in [5, 5.41) is 4.10. The van der Waals surface area contributed by atoms with Gasteiger partial charge in [0.15, 0.2) is 5.11 Å². The molecule has 0 aliphatic carbocycles. The Balaban J connectivity index is 1.35. The van der Waals surface area contributed by atoms with Gasteiger partial charge < -0.3 is 19.4 Å². The van der Waals surface area contributed by atoms with Crippen LogP contribution in [0.1, 0.15) is 34.7 Å². The molecule has 7 heteroatoms. The molecule has 6 rings (SSSR count). The Hall–Kier alpha value is -3.94. The quantitative estimate of drug-likeness (QED) is 0.198. The smallest absolute Gasteiger partial charge is 0.174 e. The molecule has 0 spiro atoms. The van der Waals surface area contributed by atoms with Gasteiger partial charge >= 0.3 is 0 Å². The van der Waals surface area contributed by atoms with Crippen LogP contribution in [-0.4, -0.2) is 10.1 Å². The number of hydrogen-bond donors (Lipinski definition) is 1. The number of halogens is 1. The molecule has 1 aliphatic rings. The highest BCUT2D eigenvalue weighted by Crippen LogP contribution is 2.44. The second-order valence-electron chi connectivity index (χ2n) is 9.59. The molecule has 3 heterocycles. The highest BCUT2D eigenvalue weighted by Gasteiger charge is 2.42. The molecule has 0 bridgehead atoms. The van der Waals surface area contributed by atoms with Gasteiger partial charge in [-0.3, -0.25) is 4.98 Å². The lowest BCUT2D eigenvalue weighted by Crippen LogP contribution is -2.29. The van der Waals surface area contributed by atoms with E-state index < -0.39 is 0 Å². The van der Waals surface area contributed by atoms with E-state index in [2.05, 4.69) is 63.2 Å². The molecule has 1 aliphatic heterocycles. The Morgan fingerprint density at radius 2 is 1.59 bits per heavy atom. The van der Waals surface area contributed by atoms with E-state index in [1.165, 1.54) is 11.1 Å². The van der Waals surface area contributed by atoms with Crippen molar-refractivity contribution < 1.29 is 9.15 Å². The molecule has 0 unspecified atom stereocenters. The van der Waals surface area contributed by atoms with Crippen LogP contribution in [0.25, 0.3) is 11.3 Å². The lowest BCUT2D eigenvalue weighted by molar-refractivity contribution is 0.439. The number of ether oxygens (including phenoxy) is 1. The van der Waals surface area contributed by atoms with Gasteiger partial charge in [0.2, 0.25) is 0 Å². The molecule has 0 amide bonds. The number of anilines is 1. The van der Waals surface area contributed by atoms with E-state index in [4.69, 9.17) is 21.4 Å². The number of pyridine rings is 1. The standard InChI is InChI=1S/C32H26BrN3O2S/c1-20-6-11-23(12-7-20)37-24-13-9-22(10-14-24)36-31(30(35-32(36)39)27-5-3-4-18-34-27)29-17-16-28(38-29)25-15-8-21(2)19-26(25)33/h3-19,30-31H,1-2H3,(H,35,39)/t30-,31-/m0/s1. The van der Waals surface area contributed by atoms with Crippen molar-refractivity contribution >= 4 is 38.9 Å². The summed E-state index contributed by atoms with van der Waals surface area (Å²) in [7, 11) is 0. The largest absolute Gasteiger partial charge is 0.459 e. The second kappa shape index (κ2) is 10.7. The molecule has 1 saturated heterocycles. The number of nitrogens with one attached hydrogen (secondary N) is 1. The van der Waals surface area contributed by atoms with E-state index >= 15 is 0 Å². The van der Waals surface area contributed by atoms with Crippen molar-refractivity contribution in [3.63, 3.8) is 0 Å². The van der Waals surface area contributed by atoms with Gasteiger partial charge in [-0.2, -0.15) is 0 Å². The minimum absolute atomic E-state index is 0.192. The lowest BCUT2D eigenvalue weighted by Gasteiger charge is -2.26. The average Bonchev–Trinajstić information content (AvgIpc) is 3.55. The Kier molecular flexibility index (Phi) is 6.94. The molecule has 1 fully saturated rings. The summed E-state index contributed by atoms with van der Waals surface area (Å²) in [5.74, 6) is 3.13. The van der Waals surface area contributed by atoms with E-state index in [1.54, 1.807) is 6.20 Å². The molecular weight excluding hydrogens is 570 g/mol. The van der Waals surface area contributed by atoms with Crippen molar-refractivity contribution in [1.82, 2.24) is 10.3 Å². The predicted octanol–water partition coefficient (Wildman–Crippen LogP) is 8.69. The van der Waals surface area contributed by atoms with Crippen molar-refractivity contribution in [2.24, 2.45) is 0 Å². The van der Waals surface area contributed by atoms with Gasteiger partial charge in [0.25, 0.3) is 0 Å². The summed E-state index contributed by atoms with van der Waals surface area (Å²) in [5.41, 5.74) is 5.19. The summed E-state index contributed by atoms with van der Waals surface area (Å²) in [6.45, 7) is 4.13. The van der Waals surface area contributed by atoms with Crippen LogP contribution in [-0.2, 0) is 0 Å². The molecule has 5 aromatic rings. The Bertz CT molecular complexity index is 1620. The maximum Gasteiger partial charge on any atom is 0.174 e. The third-order valence-corrected chi connectivity index (χ3v) is 7.75. The number of furan rings is 1. The number of thiocarbonyl (C=S) groups is 1. The van der Waals surface area contributed by atoms with E-state index in [-0.39, 0.29) is 12.1 Å². The zero-order valence-electron chi connectivity index (χ0n) is 21.5. The third-order valence-electron chi connectivity index (χ3n) is 6.78. The number of aryl methyl sites for hydroxylation is 2. The van der Waals surface area contributed by atoms with Gasteiger partial charge in [-0.1, -0.05) is 45.8 Å². The first-order chi connectivity index (χ1) is 19.0. The average molecular weight is 597 g/mol. The van der Waals surface area contributed by atoms with Crippen LogP contribution in [0, 0.1) is 13.8 Å². The monoisotopic (exact) mass is 595 g/mol. The Labute approximate surface area is 241 Å². The summed E-state index contributed by atoms with van der Waals surface area (Å²) in [6.07, 6.45) is 1.80. The first kappa shape index (κ1) is 25.3. The van der Waals surface area contributed by atoms with Crippen LogP contribution in [0.3, 0.4) is 0 Å². The number of benzene rings is 3. The molecule has 2 atom stereocenters.